The Morgan fingerprint density at radius 1 is 1.22 bits per heavy atom. The van der Waals surface area contributed by atoms with Gasteiger partial charge in [-0.15, -0.1) is 0 Å². The van der Waals surface area contributed by atoms with Gasteiger partial charge in [0.2, 0.25) is 0 Å². The highest BCUT2D eigenvalue weighted by atomic mass is 79.9. The molecular formula is C21H27BrN4O. The summed E-state index contributed by atoms with van der Waals surface area (Å²) in [5, 5.41) is 6.84. The Bertz CT molecular complexity index is 763. The third-order valence-electron chi connectivity index (χ3n) is 4.85. The molecule has 5 nitrogen and oxygen atoms in total. The Morgan fingerprint density at radius 2 is 2.04 bits per heavy atom. The molecule has 0 aliphatic carbocycles. The summed E-state index contributed by atoms with van der Waals surface area (Å²) in [6, 6.07) is 16.6. The number of hydrogen-bond acceptors (Lipinski definition) is 3. The molecule has 1 heterocycles. The van der Waals surface area contributed by atoms with E-state index in [2.05, 4.69) is 66.8 Å². The first-order valence-corrected chi connectivity index (χ1v) is 10.0. The predicted molar refractivity (Wildman–Crippen MR) is 116 cm³/mol. The van der Waals surface area contributed by atoms with Crippen LogP contribution in [0.5, 0.6) is 5.75 Å². The van der Waals surface area contributed by atoms with E-state index in [4.69, 9.17) is 4.74 Å². The topological polar surface area (TPSA) is 48.9 Å². The lowest BCUT2D eigenvalue weighted by Crippen LogP contribution is -2.39. The molecule has 0 radical (unpaired) electrons. The molecule has 0 bridgehead atoms. The number of nitrogens with zero attached hydrogens (tertiary/aromatic N) is 2. The highest BCUT2D eigenvalue weighted by Gasteiger charge is 2.22. The van der Waals surface area contributed by atoms with Crippen LogP contribution in [-0.2, 0) is 6.54 Å². The van der Waals surface area contributed by atoms with Gasteiger partial charge in [-0.05, 0) is 54.3 Å². The number of anilines is 1. The third-order valence-corrected chi connectivity index (χ3v) is 5.38. The highest BCUT2D eigenvalue weighted by Crippen LogP contribution is 2.25. The van der Waals surface area contributed by atoms with Crippen molar-refractivity contribution in [2.45, 2.75) is 13.0 Å². The second kappa shape index (κ2) is 9.65. The largest absolute Gasteiger partial charge is 0.497 e. The van der Waals surface area contributed by atoms with Crippen molar-refractivity contribution in [1.82, 2.24) is 10.6 Å². The quantitative estimate of drug-likeness (QED) is 0.542. The molecule has 0 amide bonds. The molecule has 3 rings (SSSR count). The number of aliphatic imine (C=N–C) groups is 1. The van der Waals surface area contributed by atoms with Crippen LogP contribution in [0.15, 0.2) is 58.0 Å². The van der Waals surface area contributed by atoms with Gasteiger partial charge in [-0.25, -0.2) is 0 Å². The normalized spacial score (nSPS) is 17.1. The molecule has 1 aliphatic heterocycles. The molecule has 1 atom stereocenters. The minimum atomic E-state index is 0.615. The molecule has 1 aliphatic rings. The van der Waals surface area contributed by atoms with E-state index >= 15 is 0 Å². The molecule has 2 aromatic rings. The molecule has 27 heavy (non-hydrogen) atoms. The zero-order valence-electron chi connectivity index (χ0n) is 15.9. The molecule has 1 fully saturated rings. The van der Waals surface area contributed by atoms with Crippen molar-refractivity contribution in [3.8, 4) is 5.75 Å². The number of ether oxygens (including phenoxy) is 1. The molecule has 0 aromatic heterocycles. The number of nitrogens with one attached hydrogen (secondary N) is 2. The van der Waals surface area contributed by atoms with Gasteiger partial charge in [0.05, 0.1) is 7.11 Å². The zero-order valence-corrected chi connectivity index (χ0v) is 17.5. The van der Waals surface area contributed by atoms with Gasteiger partial charge >= 0.3 is 0 Å². The fourth-order valence-electron chi connectivity index (χ4n) is 3.32. The maximum absolute atomic E-state index is 5.28. The first-order valence-electron chi connectivity index (χ1n) is 9.26. The molecule has 1 saturated heterocycles. The summed E-state index contributed by atoms with van der Waals surface area (Å²) in [5.74, 6) is 2.32. The van der Waals surface area contributed by atoms with Crippen molar-refractivity contribution < 1.29 is 4.74 Å². The molecule has 144 valence electrons. The van der Waals surface area contributed by atoms with Gasteiger partial charge in [-0.3, -0.25) is 4.99 Å². The lowest BCUT2D eigenvalue weighted by molar-refractivity contribution is 0.414. The zero-order chi connectivity index (χ0) is 19.1. The van der Waals surface area contributed by atoms with Gasteiger partial charge < -0.3 is 20.3 Å². The summed E-state index contributed by atoms with van der Waals surface area (Å²) in [4.78, 5) is 6.79. The van der Waals surface area contributed by atoms with E-state index < -0.39 is 0 Å². The van der Waals surface area contributed by atoms with Crippen molar-refractivity contribution in [1.29, 1.82) is 0 Å². The van der Waals surface area contributed by atoms with Crippen molar-refractivity contribution >= 4 is 27.6 Å². The van der Waals surface area contributed by atoms with Crippen LogP contribution in [-0.4, -0.2) is 39.8 Å². The Labute approximate surface area is 170 Å². The molecule has 1 unspecified atom stereocenters. The lowest BCUT2D eigenvalue weighted by atomic mass is 10.1. The maximum Gasteiger partial charge on any atom is 0.191 e. The monoisotopic (exact) mass is 430 g/mol. The van der Waals surface area contributed by atoms with E-state index in [0.717, 1.165) is 35.8 Å². The van der Waals surface area contributed by atoms with E-state index in [1.54, 1.807) is 7.11 Å². The minimum Gasteiger partial charge on any atom is -0.497 e. The molecule has 2 aromatic carbocycles. The molecule has 0 saturated carbocycles. The van der Waals surface area contributed by atoms with Crippen LogP contribution < -0.4 is 20.3 Å². The fourth-order valence-corrected chi connectivity index (χ4v) is 3.58. The third kappa shape index (κ3) is 5.63. The van der Waals surface area contributed by atoms with Crippen LogP contribution in [0.25, 0.3) is 0 Å². The lowest BCUT2D eigenvalue weighted by Gasteiger charge is -2.19. The minimum absolute atomic E-state index is 0.615. The van der Waals surface area contributed by atoms with Gasteiger partial charge in [0.25, 0.3) is 0 Å². The SMILES string of the molecule is CN=C(NCc1cccc(OC)c1)NCC1CCN(c2ccc(Br)cc2)C1. The van der Waals surface area contributed by atoms with Gasteiger partial charge in [-0.2, -0.15) is 0 Å². The van der Waals surface area contributed by atoms with E-state index in [0.29, 0.717) is 12.5 Å². The second-order valence-corrected chi connectivity index (χ2v) is 7.65. The molecular weight excluding hydrogens is 404 g/mol. The summed E-state index contributed by atoms with van der Waals surface area (Å²) in [6.07, 6.45) is 1.19. The van der Waals surface area contributed by atoms with Crippen LogP contribution in [0, 0.1) is 5.92 Å². The number of hydrogen-bond donors (Lipinski definition) is 2. The number of methoxy groups -OCH3 is 1. The smallest absolute Gasteiger partial charge is 0.191 e. The Kier molecular flexibility index (Phi) is 6.98. The second-order valence-electron chi connectivity index (χ2n) is 6.74. The first kappa shape index (κ1) is 19.5. The van der Waals surface area contributed by atoms with Gasteiger partial charge in [0, 0.05) is 43.4 Å². The molecule has 0 spiro atoms. The van der Waals surface area contributed by atoms with Crippen molar-refractivity contribution in [3.63, 3.8) is 0 Å². The average molecular weight is 431 g/mol. The summed E-state index contributed by atoms with van der Waals surface area (Å²) < 4.78 is 6.40. The van der Waals surface area contributed by atoms with Gasteiger partial charge in [-0.1, -0.05) is 28.1 Å². The van der Waals surface area contributed by atoms with Gasteiger partial charge in [0.15, 0.2) is 5.96 Å². The summed E-state index contributed by atoms with van der Waals surface area (Å²) in [6.45, 7) is 3.81. The highest BCUT2D eigenvalue weighted by molar-refractivity contribution is 9.10. The van der Waals surface area contributed by atoms with E-state index in [9.17, 15) is 0 Å². The predicted octanol–water partition coefficient (Wildman–Crippen LogP) is 3.65. The van der Waals surface area contributed by atoms with E-state index in [1.807, 2.05) is 25.2 Å². The first-order chi connectivity index (χ1) is 13.2. The maximum atomic E-state index is 5.28. The Morgan fingerprint density at radius 3 is 2.78 bits per heavy atom. The van der Waals surface area contributed by atoms with Crippen LogP contribution >= 0.6 is 15.9 Å². The summed E-state index contributed by atoms with van der Waals surface area (Å²) in [7, 11) is 3.50. The Balaban J connectivity index is 1.45. The number of benzene rings is 2. The molecule has 6 heteroatoms. The van der Waals surface area contributed by atoms with E-state index in [1.165, 1.54) is 17.7 Å². The fraction of sp³-hybridized carbons (Fsp3) is 0.381. The van der Waals surface area contributed by atoms with Crippen LogP contribution in [0.4, 0.5) is 5.69 Å². The van der Waals surface area contributed by atoms with Crippen molar-refractivity contribution in [2.24, 2.45) is 10.9 Å². The molecule has 2 N–H and O–H groups in total. The van der Waals surface area contributed by atoms with Crippen molar-refractivity contribution in [3.05, 3.63) is 58.6 Å². The van der Waals surface area contributed by atoms with Crippen LogP contribution in [0.3, 0.4) is 0 Å². The number of rotatable bonds is 6. The Hall–Kier alpha value is -2.21. The van der Waals surface area contributed by atoms with Crippen LogP contribution in [0.1, 0.15) is 12.0 Å². The average Bonchev–Trinajstić information content (AvgIpc) is 3.18. The summed E-state index contributed by atoms with van der Waals surface area (Å²) >= 11 is 3.50. The standard InChI is InChI=1S/C21H27BrN4O/c1-23-21(24-13-16-4-3-5-20(12-16)27-2)25-14-17-10-11-26(15-17)19-8-6-18(22)7-9-19/h3-9,12,17H,10-11,13-15H2,1-2H3,(H2,23,24,25). The van der Waals surface area contributed by atoms with Crippen molar-refractivity contribution in [2.75, 3.05) is 38.7 Å². The van der Waals surface area contributed by atoms with E-state index in [-0.39, 0.29) is 0 Å². The van der Waals surface area contributed by atoms with Gasteiger partial charge in [0.1, 0.15) is 5.75 Å². The summed E-state index contributed by atoms with van der Waals surface area (Å²) in [5.41, 5.74) is 2.46. The number of halogens is 1. The van der Waals surface area contributed by atoms with Crippen LogP contribution in [0.2, 0.25) is 0 Å². The number of guanidine groups is 1.